The molecular weight excluding hydrogens is 579 g/mol. The second-order valence-electron chi connectivity index (χ2n) is 10.3. The lowest BCUT2D eigenvalue weighted by atomic mass is 10.0. The van der Waals surface area contributed by atoms with E-state index in [4.69, 9.17) is 11.6 Å². The minimum atomic E-state index is -4.65. The fourth-order valence-corrected chi connectivity index (χ4v) is 6.61. The highest BCUT2D eigenvalue weighted by Gasteiger charge is 2.36. The van der Waals surface area contributed by atoms with Crippen LogP contribution in [0.15, 0.2) is 24.3 Å². The number of Topliss-reactive ketones (excluding diaryl/α,β-unsaturated/α-hetero) is 1. The number of carbonyl (C=O) groups excluding carboxylic acids is 1. The average molecular weight is 605 g/mol. The first kappa shape index (κ1) is 28.9. The first-order valence-corrected chi connectivity index (χ1v) is 14.6. The number of sulfonamides is 1. The zero-order valence-electron chi connectivity index (χ0n) is 21.4. The number of likely N-dealkylation sites (tertiary alicyclic amines) is 1. The summed E-state index contributed by atoms with van der Waals surface area (Å²) in [6.45, 7) is 1.99. The first-order valence-electron chi connectivity index (χ1n) is 12.7. The minimum absolute atomic E-state index is 0.0499. The van der Waals surface area contributed by atoms with Gasteiger partial charge in [0, 0.05) is 36.7 Å². The Kier molecular flexibility index (Phi) is 7.70. The molecule has 0 amide bonds. The molecule has 2 aliphatic rings. The monoisotopic (exact) mass is 604 g/mol. The molecule has 3 aromatic rings. The number of rotatable bonds is 8. The summed E-state index contributed by atoms with van der Waals surface area (Å²) in [7, 11) is -3.59. The van der Waals surface area contributed by atoms with Crippen LogP contribution >= 0.6 is 11.6 Å². The van der Waals surface area contributed by atoms with Crippen LogP contribution in [0.2, 0.25) is 5.02 Å². The van der Waals surface area contributed by atoms with Gasteiger partial charge in [0.05, 0.1) is 45.2 Å². The van der Waals surface area contributed by atoms with E-state index in [2.05, 4.69) is 9.82 Å². The fourth-order valence-electron chi connectivity index (χ4n) is 5.05. The standard InChI is InChI=1S/C26H26ClF5N4O3S/c1-14-19-10-20(24(37)12-33-40(38,39)18-2-3-18)22(28)11-23(19)36(34-14)17-4-6-35(7-5-17)13-15-8-16(26(30,31)32)9-21(27)25(15)29/h8-11,17-18,33H,2-7,12-13H2,1H3. The molecule has 0 spiro atoms. The summed E-state index contributed by atoms with van der Waals surface area (Å²) in [6, 6.07) is 3.78. The number of nitrogens with one attached hydrogen (secondary N) is 1. The van der Waals surface area contributed by atoms with Gasteiger partial charge in [-0.2, -0.15) is 18.3 Å². The number of ketones is 1. The molecule has 5 rings (SSSR count). The summed E-state index contributed by atoms with van der Waals surface area (Å²) in [5.74, 6) is -2.36. The van der Waals surface area contributed by atoms with Gasteiger partial charge in [-0.3, -0.25) is 14.4 Å². The maximum absolute atomic E-state index is 15.0. The summed E-state index contributed by atoms with van der Waals surface area (Å²) in [6.07, 6.45) is -2.52. The van der Waals surface area contributed by atoms with Crippen LogP contribution in [0.5, 0.6) is 0 Å². The van der Waals surface area contributed by atoms with E-state index < -0.39 is 56.0 Å². The number of aryl methyl sites for hydroxylation is 1. The van der Waals surface area contributed by atoms with Crippen molar-refractivity contribution in [3.05, 3.63) is 63.3 Å². The van der Waals surface area contributed by atoms with E-state index in [1.54, 1.807) is 11.6 Å². The van der Waals surface area contributed by atoms with Gasteiger partial charge in [0.25, 0.3) is 0 Å². The molecule has 1 N–H and O–H groups in total. The maximum Gasteiger partial charge on any atom is 0.416 e. The molecule has 2 fully saturated rings. The normalized spacial score (nSPS) is 17.6. The highest BCUT2D eigenvalue weighted by atomic mass is 35.5. The van der Waals surface area contributed by atoms with Gasteiger partial charge in [0.2, 0.25) is 10.0 Å². The Labute approximate surface area is 232 Å². The van der Waals surface area contributed by atoms with Crippen LogP contribution in [-0.4, -0.2) is 53.8 Å². The van der Waals surface area contributed by atoms with Crippen molar-refractivity contribution in [1.29, 1.82) is 0 Å². The van der Waals surface area contributed by atoms with E-state index in [0.29, 0.717) is 61.4 Å². The van der Waals surface area contributed by atoms with E-state index in [9.17, 15) is 30.8 Å². The van der Waals surface area contributed by atoms with Crippen molar-refractivity contribution in [2.75, 3.05) is 19.6 Å². The van der Waals surface area contributed by atoms with Crippen molar-refractivity contribution < 1.29 is 35.2 Å². The SMILES string of the molecule is Cc1nn(C2CCN(Cc3cc(C(F)(F)F)cc(Cl)c3F)CC2)c2cc(F)c(C(=O)CNS(=O)(=O)C3CC3)cc12. The van der Waals surface area contributed by atoms with Crippen LogP contribution in [0.1, 0.15) is 58.9 Å². The number of fused-ring (bicyclic) bond motifs is 1. The molecular formula is C26H26ClF5N4O3S. The van der Waals surface area contributed by atoms with Gasteiger partial charge in [-0.15, -0.1) is 0 Å². The number of nitrogens with zero attached hydrogens (tertiary/aromatic N) is 3. The number of hydrogen-bond donors (Lipinski definition) is 1. The molecule has 0 atom stereocenters. The Bertz CT molecular complexity index is 1580. The van der Waals surface area contributed by atoms with Gasteiger partial charge >= 0.3 is 6.18 Å². The maximum atomic E-state index is 15.0. The van der Waals surface area contributed by atoms with Gasteiger partial charge in [-0.1, -0.05) is 11.6 Å². The molecule has 0 radical (unpaired) electrons. The zero-order chi connectivity index (χ0) is 29.0. The van der Waals surface area contributed by atoms with Gasteiger partial charge < -0.3 is 0 Å². The number of benzene rings is 2. The van der Waals surface area contributed by atoms with Crippen LogP contribution in [0.3, 0.4) is 0 Å². The highest BCUT2D eigenvalue weighted by Crippen LogP contribution is 2.35. The average Bonchev–Trinajstić information content (AvgIpc) is 3.70. The third-order valence-corrected chi connectivity index (χ3v) is 9.58. The van der Waals surface area contributed by atoms with Gasteiger partial charge in [0.1, 0.15) is 11.6 Å². The fraction of sp³-hybridized carbons (Fsp3) is 0.462. The zero-order valence-corrected chi connectivity index (χ0v) is 22.9. The largest absolute Gasteiger partial charge is 0.416 e. The molecule has 1 saturated heterocycles. The number of piperidine rings is 1. The van der Waals surface area contributed by atoms with Crippen molar-refractivity contribution >= 4 is 38.3 Å². The molecule has 14 heteroatoms. The topological polar surface area (TPSA) is 84.3 Å². The predicted octanol–water partition coefficient (Wildman–Crippen LogP) is 5.40. The summed E-state index contributed by atoms with van der Waals surface area (Å²) < 4.78 is 97.0. The molecule has 1 aliphatic carbocycles. The molecule has 2 heterocycles. The van der Waals surface area contributed by atoms with Crippen molar-refractivity contribution in [2.24, 2.45) is 0 Å². The first-order chi connectivity index (χ1) is 18.7. The smallest absolute Gasteiger partial charge is 0.299 e. The molecule has 40 heavy (non-hydrogen) atoms. The van der Waals surface area contributed by atoms with Crippen LogP contribution in [0.25, 0.3) is 10.9 Å². The van der Waals surface area contributed by atoms with Crippen molar-refractivity contribution in [2.45, 2.75) is 56.6 Å². The number of halogens is 6. The lowest BCUT2D eigenvalue weighted by Crippen LogP contribution is -2.34. The molecule has 1 saturated carbocycles. The van der Waals surface area contributed by atoms with Crippen LogP contribution < -0.4 is 4.72 Å². The molecule has 7 nitrogen and oxygen atoms in total. The van der Waals surface area contributed by atoms with E-state index >= 15 is 4.39 Å². The van der Waals surface area contributed by atoms with Crippen molar-refractivity contribution in [3.8, 4) is 0 Å². The lowest BCUT2D eigenvalue weighted by molar-refractivity contribution is -0.137. The summed E-state index contributed by atoms with van der Waals surface area (Å²) in [5.41, 5.74) is -0.352. The quantitative estimate of drug-likeness (QED) is 0.275. The van der Waals surface area contributed by atoms with Gasteiger partial charge in [0.15, 0.2) is 5.78 Å². The highest BCUT2D eigenvalue weighted by molar-refractivity contribution is 7.90. The third kappa shape index (κ3) is 5.88. The Morgan fingerprint density at radius 2 is 1.77 bits per heavy atom. The van der Waals surface area contributed by atoms with E-state index in [1.165, 1.54) is 12.1 Å². The number of alkyl halides is 3. The second kappa shape index (κ2) is 10.7. The summed E-state index contributed by atoms with van der Waals surface area (Å²) in [4.78, 5) is 14.5. The summed E-state index contributed by atoms with van der Waals surface area (Å²) >= 11 is 5.71. The Morgan fingerprint density at radius 1 is 1.10 bits per heavy atom. The van der Waals surface area contributed by atoms with Gasteiger partial charge in [-0.05, 0) is 50.8 Å². The van der Waals surface area contributed by atoms with Crippen molar-refractivity contribution in [1.82, 2.24) is 19.4 Å². The predicted molar refractivity (Wildman–Crippen MR) is 139 cm³/mol. The Hall–Kier alpha value is -2.61. The molecule has 0 bridgehead atoms. The minimum Gasteiger partial charge on any atom is -0.299 e. The molecule has 1 aliphatic heterocycles. The number of hydrogen-bond acceptors (Lipinski definition) is 5. The van der Waals surface area contributed by atoms with Crippen LogP contribution in [-0.2, 0) is 22.7 Å². The van der Waals surface area contributed by atoms with Crippen LogP contribution in [0, 0.1) is 18.6 Å². The number of aromatic nitrogens is 2. The lowest BCUT2D eigenvalue weighted by Gasteiger charge is -2.32. The Morgan fingerprint density at radius 3 is 2.40 bits per heavy atom. The molecule has 2 aromatic carbocycles. The summed E-state index contributed by atoms with van der Waals surface area (Å²) in [5, 5.41) is 4.02. The molecule has 216 valence electrons. The Balaban J connectivity index is 1.29. The van der Waals surface area contributed by atoms with Crippen LogP contribution in [0.4, 0.5) is 22.0 Å². The molecule has 1 aromatic heterocycles. The third-order valence-electron chi connectivity index (χ3n) is 7.41. The number of carbonyl (C=O) groups is 1. The van der Waals surface area contributed by atoms with E-state index in [0.717, 1.165) is 6.07 Å². The second-order valence-corrected chi connectivity index (χ2v) is 12.8. The van der Waals surface area contributed by atoms with E-state index in [-0.39, 0.29) is 23.7 Å². The molecule has 0 unspecified atom stereocenters. The van der Waals surface area contributed by atoms with Gasteiger partial charge in [-0.25, -0.2) is 21.9 Å². The van der Waals surface area contributed by atoms with E-state index in [1.807, 2.05) is 4.90 Å². The van der Waals surface area contributed by atoms with Crippen molar-refractivity contribution in [3.63, 3.8) is 0 Å².